The second-order valence-electron chi connectivity index (χ2n) is 7.16. The van der Waals surface area contributed by atoms with E-state index >= 15 is 0 Å². The molecule has 0 saturated heterocycles. The lowest BCUT2D eigenvalue weighted by Gasteiger charge is -2.09. The van der Waals surface area contributed by atoms with Gasteiger partial charge in [-0.2, -0.15) is 0 Å². The summed E-state index contributed by atoms with van der Waals surface area (Å²) in [7, 11) is 6.44. The van der Waals surface area contributed by atoms with Crippen LogP contribution in [0.2, 0.25) is 0 Å². The van der Waals surface area contributed by atoms with Crippen molar-refractivity contribution in [3.05, 3.63) is 59.9 Å². The Kier molecular flexibility index (Phi) is 9.13. The van der Waals surface area contributed by atoms with Crippen molar-refractivity contribution in [3.63, 3.8) is 0 Å². The Hall–Kier alpha value is -3.99. The Morgan fingerprint density at radius 3 is 2.49 bits per heavy atom. The molecule has 11 heteroatoms. The van der Waals surface area contributed by atoms with Crippen molar-refractivity contribution in [3.8, 4) is 17.2 Å². The highest BCUT2D eigenvalue weighted by Gasteiger charge is 2.13. The molecule has 3 rings (SSSR count). The molecular formula is C24H27N5O5S. The second-order valence-corrected chi connectivity index (χ2v) is 8.10. The van der Waals surface area contributed by atoms with E-state index in [1.807, 2.05) is 18.2 Å². The molecular weight excluding hydrogens is 470 g/mol. The fourth-order valence-corrected chi connectivity index (χ4v) is 3.77. The third-order valence-corrected chi connectivity index (χ3v) is 5.91. The second kappa shape index (κ2) is 12.5. The zero-order chi connectivity index (χ0) is 25.2. The number of rotatable bonds is 11. The van der Waals surface area contributed by atoms with E-state index in [0.717, 1.165) is 5.56 Å². The molecule has 0 aliphatic rings. The van der Waals surface area contributed by atoms with E-state index in [4.69, 9.17) is 14.2 Å². The number of ether oxygens (including phenoxy) is 3. The number of amides is 2. The van der Waals surface area contributed by atoms with Crippen molar-refractivity contribution in [2.75, 3.05) is 32.4 Å². The van der Waals surface area contributed by atoms with Gasteiger partial charge in [0.25, 0.3) is 0 Å². The zero-order valence-electron chi connectivity index (χ0n) is 19.9. The first-order chi connectivity index (χ1) is 16.9. The number of nitrogens with zero attached hydrogens (tertiary/aromatic N) is 3. The topological polar surface area (TPSA) is 117 Å². The van der Waals surface area contributed by atoms with Gasteiger partial charge in [-0.25, -0.2) is 0 Å². The number of methoxy groups -OCH3 is 3. The van der Waals surface area contributed by atoms with Crippen LogP contribution in [0.3, 0.4) is 0 Å². The fourth-order valence-electron chi connectivity index (χ4n) is 3.04. The molecule has 184 valence electrons. The minimum atomic E-state index is -0.284. The van der Waals surface area contributed by atoms with Gasteiger partial charge in [0.1, 0.15) is 5.75 Å². The van der Waals surface area contributed by atoms with Gasteiger partial charge in [-0.1, -0.05) is 30.0 Å². The molecule has 3 aromatic rings. The maximum Gasteiger partial charge on any atom is 0.244 e. The highest BCUT2D eigenvalue weighted by Crippen LogP contribution is 2.28. The first kappa shape index (κ1) is 25.6. The predicted octanol–water partition coefficient (Wildman–Crippen LogP) is 2.90. The summed E-state index contributed by atoms with van der Waals surface area (Å²) in [5, 5.41) is 14.4. The van der Waals surface area contributed by atoms with Gasteiger partial charge in [-0.15, -0.1) is 10.2 Å². The number of hydrogen-bond acceptors (Lipinski definition) is 8. The lowest BCUT2D eigenvalue weighted by atomic mass is 10.2. The molecule has 0 unspecified atom stereocenters. The highest BCUT2D eigenvalue weighted by molar-refractivity contribution is 7.99. The molecule has 0 aliphatic heterocycles. The summed E-state index contributed by atoms with van der Waals surface area (Å²) in [5.74, 6) is 2.00. The Morgan fingerprint density at radius 2 is 1.74 bits per heavy atom. The molecule has 2 amide bonds. The Bertz CT molecular complexity index is 1210. The Morgan fingerprint density at radius 1 is 1.00 bits per heavy atom. The SMILES string of the molecule is COc1ccccc1NC(=O)CSc1nnc(CNC(=O)C=Cc2ccc(OC)c(OC)c2)n1C. The average molecular weight is 498 g/mol. The van der Waals surface area contributed by atoms with Crippen LogP contribution in [0.4, 0.5) is 5.69 Å². The van der Waals surface area contributed by atoms with Gasteiger partial charge in [0, 0.05) is 13.1 Å². The van der Waals surface area contributed by atoms with Crippen molar-refractivity contribution in [1.82, 2.24) is 20.1 Å². The van der Waals surface area contributed by atoms with Gasteiger partial charge < -0.3 is 29.4 Å². The van der Waals surface area contributed by atoms with Crippen LogP contribution in [-0.4, -0.2) is 53.7 Å². The van der Waals surface area contributed by atoms with Gasteiger partial charge >= 0.3 is 0 Å². The van der Waals surface area contributed by atoms with Gasteiger partial charge in [0.2, 0.25) is 11.8 Å². The summed E-state index contributed by atoms with van der Waals surface area (Å²) in [6, 6.07) is 12.6. The van der Waals surface area contributed by atoms with Crippen LogP contribution < -0.4 is 24.8 Å². The summed E-state index contributed by atoms with van der Waals surface area (Å²) in [5.41, 5.74) is 1.39. The van der Waals surface area contributed by atoms with Crippen LogP contribution in [0.1, 0.15) is 11.4 Å². The van der Waals surface area contributed by atoms with Crippen LogP contribution in [0.25, 0.3) is 6.08 Å². The summed E-state index contributed by atoms with van der Waals surface area (Å²) in [6.45, 7) is 0.187. The molecule has 1 aromatic heterocycles. The number of para-hydroxylation sites is 2. The fraction of sp³-hybridized carbons (Fsp3) is 0.250. The number of thioether (sulfide) groups is 1. The molecule has 2 aromatic carbocycles. The van der Waals surface area contributed by atoms with E-state index in [-0.39, 0.29) is 24.1 Å². The standard InChI is InChI=1S/C24H27N5O5S/c1-29-21(14-25-22(30)12-10-16-9-11-19(33-3)20(13-16)34-4)27-28-24(29)35-15-23(31)26-17-7-5-6-8-18(17)32-2/h5-13H,14-15H2,1-4H3,(H,25,30)(H,26,31). The highest BCUT2D eigenvalue weighted by atomic mass is 32.2. The number of anilines is 1. The average Bonchev–Trinajstić information content (AvgIpc) is 3.24. The van der Waals surface area contributed by atoms with E-state index in [0.29, 0.717) is 33.9 Å². The van der Waals surface area contributed by atoms with Crippen LogP contribution in [-0.2, 0) is 23.2 Å². The van der Waals surface area contributed by atoms with Gasteiger partial charge in [-0.3, -0.25) is 9.59 Å². The molecule has 0 radical (unpaired) electrons. The lowest BCUT2D eigenvalue weighted by Crippen LogP contribution is -2.22. The number of nitrogens with one attached hydrogen (secondary N) is 2. The molecule has 35 heavy (non-hydrogen) atoms. The zero-order valence-corrected chi connectivity index (χ0v) is 20.7. The normalized spacial score (nSPS) is 10.7. The molecule has 0 spiro atoms. The summed E-state index contributed by atoms with van der Waals surface area (Å²) >= 11 is 1.24. The summed E-state index contributed by atoms with van der Waals surface area (Å²) in [4.78, 5) is 24.6. The van der Waals surface area contributed by atoms with Crippen molar-refractivity contribution < 1.29 is 23.8 Å². The molecule has 10 nitrogen and oxygen atoms in total. The number of carbonyl (C=O) groups excluding carboxylic acids is 2. The molecule has 1 heterocycles. The van der Waals surface area contributed by atoms with E-state index < -0.39 is 0 Å². The number of hydrogen-bond donors (Lipinski definition) is 2. The maximum atomic E-state index is 12.3. The van der Waals surface area contributed by atoms with Crippen LogP contribution in [0.5, 0.6) is 17.2 Å². The van der Waals surface area contributed by atoms with Gasteiger partial charge in [0.15, 0.2) is 22.5 Å². The monoisotopic (exact) mass is 497 g/mol. The molecule has 0 fully saturated rings. The lowest BCUT2D eigenvalue weighted by molar-refractivity contribution is -0.116. The van der Waals surface area contributed by atoms with E-state index in [9.17, 15) is 9.59 Å². The first-order valence-corrected chi connectivity index (χ1v) is 11.6. The largest absolute Gasteiger partial charge is 0.495 e. The summed E-state index contributed by atoms with van der Waals surface area (Å²) < 4.78 is 17.5. The number of aromatic nitrogens is 3. The third-order valence-electron chi connectivity index (χ3n) is 4.89. The number of benzene rings is 2. The smallest absolute Gasteiger partial charge is 0.244 e. The van der Waals surface area contributed by atoms with E-state index in [1.165, 1.54) is 17.8 Å². The molecule has 0 saturated carbocycles. The quantitative estimate of drug-likeness (QED) is 0.307. The van der Waals surface area contributed by atoms with Crippen molar-refractivity contribution in [2.24, 2.45) is 7.05 Å². The molecule has 0 bridgehead atoms. The number of carbonyl (C=O) groups is 2. The molecule has 0 aliphatic carbocycles. The third kappa shape index (κ3) is 7.00. The van der Waals surface area contributed by atoms with Gasteiger partial charge in [-0.05, 0) is 35.9 Å². The van der Waals surface area contributed by atoms with Gasteiger partial charge in [0.05, 0.1) is 39.3 Å². The van der Waals surface area contributed by atoms with E-state index in [2.05, 4.69) is 20.8 Å². The molecule has 0 atom stereocenters. The van der Waals surface area contributed by atoms with Crippen molar-refractivity contribution in [2.45, 2.75) is 11.7 Å². The predicted molar refractivity (Wildman–Crippen MR) is 134 cm³/mol. The first-order valence-electron chi connectivity index (χ1n) is 10.6. The van der Waals surface area contributed by atoms with Crippen molar-refractivity contribution in [1.29, 1.82) is 0 Å². The van der Waals surface area contributed by atoms with E-state index in [1.54, 1.807) is 63.3 Å². The van der Waals surface area contributed by atoms with Crippen LogP contribution in [0, 0.1) is 0 Å². The van der Waals surface area contributed by atoms with Crippen LogP contribution >= 0.6 is 11.8 Å². The Labute approximate surface area is 207 Å². The van der Waals surface area contributed by atoms with Crippen LogP contribution in [0.15, 0.2) is 53.7 Å². The van der Waals surface area contributed by atoms with Crippen molar-refractivity contribution >= 4 is 35.3 Å². The summed E-state index contributed by atoms with van der Waals surface area (Å²) in [6.07, 6.45) is 3.10. The Balaban J connectivity index is 1.50. The minimum Gasteiger partial charge on any atom is -0.495 e. The molecule has 2 N–H and O–H groups in total. The minimum absolute atomic E-state index is 0.143. The maximum absolute atomic E-state index is 12.3.